The fraction of sp³-hybridized carbons (Fsp3) is 0.500. The summed E-state index contributed by atoms with van der Waals surface area (Å²) in [6.07, 6.45) is 2.92. The minimum absolute atomic E-state index is 0.00664. The smallest absolute Gasteiger partial charge is 0.135 e. The average molecular weight is 212 g/mol. The Hall–Kier alpha value is -0.960. The normalized spacial score (nSPS) is 19.5. The van der Waals surface area contributed by atoms with Gasteiger partial charge in [-0.3, -0.25) is 0 Å². The summed E-state index contributed by atoms with van der Waals surface area (Å²) in [7, 11) is 0. The minimum Gasteiger partial charge on any atom is -0.385 e. The Balaban J connectivity index is 2.49. The molecule has 0 aromatic heterocycles. The van der Waals surface area contributed by atoms with Crippen molar-refractivity contribution in [1.29, 1.82) is 0 Å². The van der Waals surface area contributed by atoms with Gasteiger partial charge >= 0.3 is 0 Å². The molecule has 0 bridgehead atoms. The summed E-state index contributed by atoms with van der Waals surface area (Å²) < 4.78 is 26.8. The number of benzene rings is 1. The SMILES string of the molecule is Cc1c(F)ccc(C2(O)CCCC2)c1F. The van der Waals surface area contributed by atoms with Gasteiger partial charge in [0.1, 0.15) is 11.6 Å². The number of hydrogen-bond donors (Lipinski definition) is 1. The van der Waals surface area contributed by atoms with Crippen LogP contribution in [0.25, 0.3) is 0 Å². The Bertz CT molecular complexity index is 381. The van der Waals surface area contributed by atoms with E-state index >= 15 is 0 Å². The number of hydrogen-bond acceptors (Lipinski definition) is 1. The van der Waals surface area contributed by atoms with Crippen LogP contribution in [0.2, 0.25) is 0 Å². The van der Waals surface area contributed by atoms with E-state index in [1.54, 1.807) is 0 Å². The zero-order chi connectivity index (χ0) is 11.1. The van der Waals surface area contributed by atoms with E-state index in [2.05, 4.69) is 0 Å². The molecule has 2 rings (SSSR count). The molecule has 15 heavy (non-hydrogen) atoms. The molecule has 3 heteroatoms. The lowest BCUT2D eigenvalue weighted by Gasteiger charge is -2.23. The molecule has 1 saturated carbocycles. The highest BCUT2D eigenvalue weighted by Gasteiger charge is 2.35. The zero-order valence-corrected chi connectivity index (χ0v) is 8.69. The zero-order valence-electron chi connectivity index (χ0n) is 8.69. The van der Waals surface area contributed by atoms with Gasteiger partial charge in [-0.15, -0.1) is 0 Å². The maximum absolute atomic E-state index is 13.8. The topological polar surface area (TPSA) is 20.2 Å². The molecule has 1 fully saturated rings. The van der Waals surface area contributed by atoms with Crippen LogP contribution in [0, 0.1) is 18.6 Å². The summed E-state index contributed by atoms with van der Waals surface area (Å²) >= 11 is 0. The van der Waals surface area contributed by atoms with Crippen molar-refractivity contribution in [2.24, 2.45) is 0 Å². The molecule has 1 aromatic rings. The van der Waals surface area contributed by atoms with E-state index in [-0.39, 0.29) is 11.1 Å². The van der Waals surface area contributed by atoms with Crippen molar-refractivity contribution in [1.82, 2.24) is 0 Å². The average Bonchev–Trinajstić information content (AvgIpc) is 2.62. The van der Waals surface area contributed by atoms with Crippen molar-refractivity contribution in [3.8, 4) is 0 Å². The maximum Gasteiger partial charge on any atom is 0.135 e. The van der Waals surface area contributed by atoms with Gasteiger partial charge in [-0.05, 0) is 25.8 Å². The first-order chi connectivity index (χ1) is 7.04. The van der Waals surface area contributed by atoms with Gasteiger partial charge in [0.05, 0.1) is 5.60 Å². The van der Waals surface area contributed by atoms with Crippen LogP contribution in [0.3, 0.4) is 0 Å². The molecule has 1 aliphatic carbocycles. The van der Waals surface area contributed by atoms with Crippen molar-refractivity contribution in [3.05, 3.63) is 34.9 Å². The number of rotatable bonds is 1. The van der Waals surface area contributed by atoms with E-state index in [0.717, 1.165) is 12.8 Å². The Kier molecular flexibility index (Phi) is 2.51. The molecule has 1 aromatic carbocycles. The van der Waals surface area contributed by atoms with E-state index in [0.29, 0.717) is 12.8 Å². The molecule has 1 N–H and O–H groups in total. The third-order valence-electron chi connectivity index (χ3n) is 3.25. The lowest BCUT2D eigenvalue weighted by Crippen LogP contribution is -2.23. The van der Waals surface area contributed by atoms with Gasteiger partial charge in [0.2, 0.25) is 0 Å². The summed E-state index contributed by atoms with van der Waals surface area (Å²) in [6.45, 7) is 1.40. The molecule has 0 unspecified atom stereocenters. The highest BCUT2D eigenvalue weighted by atomic mass is 19.1. The molecule has 0 radical (unpaired) electrons. The lowest BCUT2D eigenvalue weighted by atomic mass is 9.90. The second-order valence-corrected chi connectivity index (χ2v) is 4.27. The third-order valence-corrected chi connectivity index (χ3v) is 3.25. The van der Waals surface area contributed by atoms with Gasteiger partial charge < -0.3 is 5.11 Å². The van der Waals surface area contributed by atoms with Gasteiger partial charge in [-0.1, -0.05) is 18.9 Å². The van der Waals surface area contributed by atoms with Crippen LogP contribution < -0.4 is 0 Å². The molecule has 0 amide bonds. The molecule has 0 aliphatic heterocycles. The number of aliphatic hydroxyl groups is 1. The summed E-state index contributed by atoms with van der Waals surface area (Å²) in [4.78, 5) is 0. The largest absolute Gasteiger partial charge is 0.385 e. The van der Waals surface area contributed by atoms with Crippen molar-refractivity contribution < 1.29 is 13.9 Å². The molecule has 0 spiro atoms. The third kappa shape index (κ3) is 1.65. The van der Waals surface area contributed by atoms with Gasteiger partial charge in [0.15, 0.2) is 0 Å². The highest BCUT2D eigenvalue weighted by Crippen LogP contribution is 2.40. The first kappa shape index (κ1) is 10.6. The van der Waals surface area contributed by atoms with E-state index in [1.165, 1.54) is 19.1 Å². The Morgan fingerprint density at radius 1 is 1.20 bits per heavy atom. The minimum atomic E-state index is -1.08. The van der Waals surface area contributed by atoms with Gasteiger partial charge in [0, 0.05) is 11.1 Å². The van der Waals surface area contributed by atoms with Crippen LogP contribution in [0.15, 0.2) is 12.1 Å². The van der Waals surface area contributed by atoms with Crippen LogP contribution in [-0.4, -0.2) is 5.11 Å². The van der Waals surface area contributed by atoms with E-state index < -0.39 is 17.2 Å². The van der Waals surface area contributed by atoms with E-state index in [4.69, 9.17) is 0 Å². The molecule has 0 atom stereocenters. The molecule has 0 heterocycles. The lowest BCUT2D eigenvalue weighted by molar-refractivity contribution is 0.0405. The van der Waals surface area contributed by atoms with Crippen molar-refractivity contribution in [2.75, 3.05) is 0 Å². The highest BCUT2D eigenvalue weighted by molar-refractivity contribution is 5.31. The fourth-order valence-electron chi connectivity index (χ4n) is 2.25. The van der Waals surface area contributed by atoms with Crippen molar-refractivity contribution in [3.63, 3.8) is 0 Å². The van der Waals surface area contributed by atoms with Crippen LogP contribution >= 0.6 is 0 Å². The summed E-state index contributed by atoms with van der Waals surface area (Å²) in [5, 5.41) is 10.2. The first-order valence-electron chi connectivity index (χ1n) is 5.22. The summed E-state index contributed by atoms with van der Waals surface area (Å²) in [6, 6.07) is 2.59. The second-order valence-electron chi connectivity index (χ2n) is 4.27. The van der Waals surface area contributed by atoms with Gasteiger partial charge in [0.25, 0.3) is 0 Å². The molecule has 1 nitrogen and oxygen atoms in total. The predicted octanol–water partition coefficient (Wildman–Crippen LogP) is 3.03. The van der Waals surface area contributed by atoms with Crippen LogP contribution in [-0.2, 0) is 5.60 Å². The summed E-state index contributed by atoms with van der Waals surface area (Å²) in [5.41, 5.74) is -0.838. The second kappa shape index (κ2) is 3.56. The fourth-order valence-corrected chi connectivity index (χ4v) is 2.25. The van der Waals surface area contributed by atoms with E-state index in [9.17, 15) is 13.9 Å². The standard InChI is InChI=1S/C12H14F2O/c1-8-10(13)5-4-9(11(8)14)12(15)6-2-3-7-12/h4-5,15H,2-3,6-7H2,1H3. The van der Waals surface area contributed by atoms with Crippen molar-refractivity contribution >= 4 is 0 Å². The quantitative estimate of drug-likeness (QED) is 0.758. The maximum atomic E-state index is 13.8. The van der Waals surface area contributed by atoms with Crippen LogP contribution in [0.1, 0.15) is 36.8 Å². The Morgan fingerprint density at radius 2 is 1.80 bits per heavy atom. The first-order valence-corrected chi connectivity index (χ1v) is 5.22. The van der Waals surface area contributed by atoms with Crippen LogP contribution in [0.5, 0.6) is 0 Å². The molecule has 0 saturated heterocycles. The molecule has 1 aliphatic rings. The Morgan fingerprint density at radius 3 is 2.40 bits per heavy atom. The monoisotopic (exact) mass is 212 g/mol. The summed E-state index contributed by atoms with van der Waals surface area (Å²) in [5.74, 6) is -1.16. The molecule has 82 valence electrons. The van der Waals surface area contributed by atoms with Crippen LogP contribution in [0.4, 0.5) is 8.78 Å². The van der Waals surface area contributed by atoms with E-state index in [1.807, 2.05) is 0 Å². The molecular formula is C12H14F2O. The van der Waals surface area contributed by atoms with Gasteiger partial charge in [-0.2, -0.15) is 0 Å². The van der Waals surface area contributed by atoms with Gasteiger partial charge in [-0.25, -0.2) is 8.78 Å². The Labute approximate surface area is 87.7 Å². The number of halogens is 2. The predicted molar refractivity (Wildman–Crippen MR) is 53.5 cm³/mol. The molecular weight excluding hydrogens is 198 g/mol. The van der Waals surface area contributed by atoms with Crippen molar-refractivity contribution in [2.45, 2.75) is 38.2 Å².